The molecular formula is C19H17ClF3N3O. The van der Waals surface area contributed by atoms with E-state index in [1.807, 2.05) is 6.07 Å². The van der Waals surface area contributed by atoms with Gasteiger partial charge in [-0.15, -0.1) is 0 Å². The van der Waals surface area contributed by atoms with E-state index in [4.69, 9.17) is 22.7 Å². The van der Waals surface area contributed by atoms with Crippen LogP contribution >= 0.6 is 11.6 Å². The Kier molecular flexibility index (Phi) is 5.15. The first-order valence-electron chi connectivity index (χ1n) is 8.29. The van der Waals surface area contributed by atoms with Crippen LogP contribution in [-0.4, -0.2) is 12.1 Å². The van der Waals surface area contributed by atoms with E-state index in [1.165, 1.54) is 0 Å². The summed E-state index contributed by atoms with van der Waals surface area (Å²) in [6.45, 7) is 0.124. The van der Waals surface area contributed by atoms with Crippen molar-refractivity contribution in [2.75, 3.05) is 5.73 Å². The minimum Gasteiger partial charge on any atom is -0.398 e. The van der Waals surface area contributed by atoms with E-state index in [9.17, 15) is 18.0 Å². The lowest BCUT2D eigenvalue weighted by Gasteiger charge is -2.15. The second-order valence-electron chi connectivity index (χ2n) is 6.43. The number of nitrogens with two attached hydrogens (primary N) is 1. The third-order valence-corrected chi connectivity index (χ3v) is 4.86. The SMILES string of the molecule is N=Cc1c(N)ccc(C2CC2)c1CNC(=O)c1ccc(C(F)(F)F)c(Cl)c1. The van der Waals surface area contributed by atoms with Crippen LogP contribution < -0.4 is 11.1 Å². The van der Waals surface area contributed by atoms with Crippen molar-refractivity contribution in [3.8, 4) is 0 Å². The molecule has 2 aromatic rings. The topological polar surface area (TPSA) is 79.0 Å². The minimum atomic E-state index is -4.58. The van der Waals surface area contributed by atoms with Gasteiger partial charge in [-0.25, -0.2) is 0 Å². The Balaban J connectivity index is 1.81. The molecule has 27 heavy (non-hydrogen) atoms. The maximum atomic E-state index is 12.8. The third kappa shape index (κ3) is 4.08. The molecule has 4 N–H and O–H groups in total. The number of hydrogen-bond donors (Lipinski definition) is 3. The van der Waals surface area contributed by atoms with Gasteiger partial charge >= 0.3 is 6.18 Å². The Morgan fingerprint density at radius 1 is 1.30 bits per heavy atom. The van der Waals surface area contributed by atoms with Crippen LogP contribution in [0.4, 0.5) is 18.9 Å². The van der Waals surface area contributed by atoms with E-state index in [2.05, 4.69) is 5.32 Å². The number of alkyl halides is 3. The highest BCUT2D eigenvalue weighted by molar-refractivity contribution is 6.31. The second-order valence-corrected chi connectivity index (χ2v) is 6.84. The summed E-state index contributed by atoms with van der Waals surface area (Å²) in [7, 11) is 0. The van der Waals surface area contributed by atoms with E-state index in [1.54, 1.807) is 6.07 Å². The Morgan fingerprint density at radius 2 is 2.00 bits per heavy atom. The predicted molar refractivity (Wildman–Crippen MR) is 98.3 cm³/mol. The van der Waals surface area contributed by atoms with E-state index in [-0.39, 0.29) is 12.1 Å². The zero-order valence-corrected chi connectivity index (χ0v) is 14.9. The molecule has 1 aliphatic rings. The highest BCUT2D eigenvalue weighted by Crippen LogP contribution is 2.43. The van der Waals surface area contributed by atoms with Crippen LogP contribution in [0.5, 0.6) is 0 Å². The number of nitrogens with one attached hydrogen (secondary N) is 2. The summed E-state index contributed by atoms with van der Waals surface area (Å²) in [6.07, 6.45) is -1.35. The molecule has 8 heteroatoms. The smallest absolute Gasteiger partial charge is 0.398 e. The number of halogens is 4. The third-order valence-electron chi connectivity index (χ3n) is 4.55. The number of benzene rings is 2. The molecule has 0 spiro atoms. The number of hydrogen-bond acceptors (Lipinski definition) is 3. The maximum Gasteiger partial charge on any atom is 0.417 e. The van der Waals surface area contributed by atoms with E-state index < -0.39 is 22.7 Å². The van der Waals surface area contributed by atoms with Gasteiger partial charge in [0.1, 0.15) is 0 Å². The minimum absolute atomic E-state index is 0.0290. The first-order chi connectivity index (χ1) is 12.7. The van der Waals surface area contributed by atoms with Gasteiger partial charge in [-0.05, 0) is 54.2 Å². The molecule has 0 aliphatic heterocycles. The molecular weight excluding hydrogens is 379 g/mol. The van der Waals surface area contributed by atoms with Crippen LogP contribution in [0.15, 0.2) is 30.3 Å². The number of carbonyl (C=O) groups is 1. The van der Waals surface area contributed by atoms with Crippen LogP contribution in [0, 0.1) is 5.41 Å². The summed E-state index contributed by atoms with van der Waals surface area (Å²) in [4.78, 5) is 12.4. The van der Waals surface area contributed by atoms with Gasteiger partial charge in [0.2, 0.25) is 0 Å². The van der Waals surface area contributed by atoms with E-state index in [0.717, 1.165) is 48.4 Å². The van der Waals surface area contributed by atoms with Crippen LogP contribution in [0.3, 0.4) is 0 Å². The quantitative estimate of drug-likeness (QED) is 0.504. The van der Waals surface area contributed by atoms with Crippen molar-refractivity contribution in [1.29, 1.82) is 5.41 Å². The fourth-order valence-electron chi connectivity index (χ4n) is 3.00. The van der Waals surface area contributed by atoms with E-state index >= 15 is 0 Å². The summed E-state index contributed by atoms with van der Waals surface area (Å²) in [5.74, 6) is -0.164. The predicted octanol–water partition coefficient (Wildman–Crippen LogP) is 4.75. The van der Waals surface area contributed by atoms with Gasteiger partial charge in [0.15, 0.2) is 0 Å². The second kappa shape index (κ2) is 7.23. The highest BCUT2D eigenvalue weighted by atomic mass is 35.5. The Hall–Kier alpha value is -2.54. The normalized spacial score (nSPS) is 14.1. The Labute approximate surface area is 159 Å². The largest absolute Gasteiger partial charge is 0.417 e. The summed E-state index contributed by atoms with van der Waals surface area (Å²) in [5.41, 5.74) is 7.76. The van der Waals surface area contributed by atoms with Gasteiger partial charge in [-0.1, -0.05) is 17.7 Å². The lowest BCUT2D eigenvalue weighted by Crippen LogP contribution is -2.24. The Bertz CT molecular complexity index is 908. The lowest BCUT2D eigenvalue weighted by molar-refractivity contribution is -0.137. The number of rotatable bonds is 5. The molecule has 1 amide bonds. The molecule has 3 rings (SSSR count). The monoisotopic (exact) mass is 395 g/mol. The van der Waals surface area contributed by atoms with Crippen LogP contribution in [-0.2, 0) is 12.7 Å². The zero-order valence-electron chi connectivity index (χ0n) is 14.2. The van der Waals surface area contributed by atoms with Gasteiger partial charge in [0, 0.05) is 29.6 Å². The maximum absolute atomic E-state index is 12.8. The molecule has 1 aliphatic carbocycles. The van der Waals surface area contributed by atoms with Crippen LogP contribution in [0.2, 0.25) is 5.02 Å². The number of anilines is 1. The average Bonchev–Trinajstić information content (AvgIpc) is 3.43. The summed E-state index contributed by atoms with van der Waals surface area (Å²) < 4.78 is 38.3. The molecule has 1 saturated carbocycles. The fourth-order valence-corrected chi connectivity index (χ4v) is 3.29. The summed E-state index contributed by atoms with van der Waals surface area (Å²) in [5, 5.41) is 9.76. The van der Waals surface area contributed by atoms with Gasteiger partial charge in [-0.3, -0.25) is 4.79 Å². The van der Waals surface area contributed by atoms with Crippen molar-refractivity contribution in [1.82, 2.24) is 5.32 Å². The van der Waals surface area contributed by atoms with Crippen molar-refractivity contribution >= 4 is 29.4 Å². The zero-order chi connectivity index (χ0) is 19.8. The van der Waals surface area contributed by atoms with Crippen LogP contribution in [0.1, 0.15) is 51.4 Å². The highest BCUT2D eigenvalue weighted by Gasteiger charge is 2.33. The van der Waals surface area contributed by atoms with Gasteiger partial charge in [-0.2, -0.15) is 13.2 Å². The molecule has 0 atom stereocenters. The molecule has 142 valence electrons. The Morgan fingerprint density at radius 3 is 2.56 bits per heavy atom. The molecule has 0 unspecified atom stereocenters. The van der Waals surface area contributed by atoms with Crippen LogP contribution in [0.25, 0.3) is 0 Å². The molecule has 0 bridgehead atoms. The van der Waals surface area contributed by atoms with E-state index in [0.29, 0.717) is 17.2 Å². The number of amides is 1. The molecule has 0 aromatic heterocycles. The first kappa shape index (κ1) is 19.2. The first-order valence-corrected chi connectivity index (χ1v) is 8.67. The van der Waals surface area contributed by atoms with Crippen molar-refractivity contribution < 1.29 is 18.0 Å². The van der Waals surface area contributed by atoms with Gasteiger partial charge in [0.05, 0.1) is 10.6 Å². The lowest BCUT2D eigenvalue weighted by atomic mass is 9.96. The molecule has 2 aromatic carbocycles. The molecule has 4 nitrogen and oxygen atoms in total. The molecule has 0 radical (unpaired) electrons. The van der Waals surface area contributed by atoms with Crippen molar-refractivity contribution in [2.24, 2.45) is 0 Å². The number of nitrogen functional groups attached to an aromatic ring is 1. The fraction of sp³-hybridized carbons (Fsp3) is 0.263. The molecule has 0 heterocycles. The molecule has 1 fully saturated rings. The van der Waals surface area contributed by atoms with Gasteiger partial charge < -0.3 is 16.5 Å². The van der Waals surface area contributed by atoms with Crippen molar-refractivity contribution in [2.45, 2.75) is 31.5 Å². The summed E-state index contributed by atoms with van der Waals surface area (Å²) in [6, 6.07) is 6.52. The van der Waals surface area contributed by atoms with Gasteiger partial charge in [0.25, 0.3) is 5.91 Å². The number of carbonyl (C=O) groups excluding carboxylic acids is 1. The van der Waals surface area contributed by atoms with Crippen molar-refractivity contribution in [3.63, 3.8) is 0 Å². The average molecular weight is 396 g/mol. The van der Waals surface area contributed by atoms with Crippen molar-refractivity contribution in [3.05, 3.63) is 63.2 Å². The molecule has 0 saturated heterocycles. The summed E-state index contributed by atoms with van der Waals surface area (Å²) >= 11 is 5.67. The standard InChI is InChI=1S/C19H17ClF3N3O/c20-16-7-11(3-5-15(16)19(21,22)23)18(27)26-9-14-12(10-1-2-10)4-6-17(25)13(14)8-24/h3-8,10,24H,1-2,9,25H2,(H,26,27).